The predicted molar refractivity (Wildman–Crippen MR) is 152 cm³/mol. The summed E-state index contributed by atoms with van der Waals surface area (Å²) in [5.74, 6) is -4.63. The maximum atomic E-state index is 13.5. The lowest BCUT2D eigenvalue weighted by Crippen LogP contribution is -2.58. The number of aliphatic carboxylic acids is 1. The van der Waals surface area contributed by atoms with Crippen LogP contribution in [0.15, 0.2) is 60.8 Å². The summed E-state index contributed by atoms with van der Waals surface area (Å²) in [6.45, 7) is 3.53. The molecule has 3 aromatic rings. The fourth-order valence-corrected chi connectivity index (χ4v) is 4.31. The summed E-state index contributed by atoms with van der Waals surface area (Å²) in [4.78, 5) is 66.3. The van der Waals surface area contributed by atoms with E-state index in [0.717, 1.165) is 16.5 Å². The number of aromatic nitrogens is 1. The average molecular weight is 565 g/mol. The number of carboxylic acid groups (broad SMARTS) is 1. The van der Waals surface area contributed by atoms with Crippen LogP contribution in [0.1, 0.15) is 31.4 Å². The molecule has 0 aliphatic heterocycles. The largest absolute Gasteiger partial charge is 0.480 e. The number of nitrogens with two attached hydrogens (primary N) is 2. The molecule has 4 unspecified atom stereocenters. The second kappa shape index (κ2) is 14.1. The molecule has 0 saturated heterocycles. The number of carbonyl (C=O) groups is 5. The molecule has 12 nitrogen and oxygen atoms in total. The van der Waals surface area contributed by atoms with Crippen LogP contribution in [0.3, 0.4) is 0 Å². The molecule has 218 valence electrons. The quantitative estimate of drug-likeness (QED) is 0.146. The van der Waals surface area contributed by atoms with Crippen molar-refractivity contribution >= 4 is 40.5 Å². The number of aromatic amines is 1. The Labute approximate surface area is 237 Å². The molecule has 0 fully saturated rings. The molecular weight excluding hydrogens is 528 g/mol. The lowest BCUT2D eigenvalue weighted by molar-refractivity contribution is -0.142. The van der Waals surface area contributed by atoms with E-state index >= 15 is 0 Å². The van der Waals surface area contributed by atoms with Crippen molar-refractivity contribution in [3.63, 3.8) is 0 Å². The van der Waals surface area contributed by atoms with E-state index in [1.54, 1.807) is 50.4 Å². The molecule has 12 heteroatoms. The Morgan fingerprint density at radius 1 is 0.805 bits per heavy atom. The number of primary amides is 1. The minimum absolute atomic E-state index is 0.0223. The molecular formula is C29H36N6O6. The lowest BCUT2D eigenvalue weighted by Gasteiger charge is -2.25. The molecule has 4 atom stereocenters. The fourth-order valence-electron chi connectivity index (χ4n) is 4.31. The van der Waals surface area contributed by atoms with E-state index in [2.05, 4.69) is 20.9 Å². The molecule has 0 aliphatic carbocycles. The number of fused-ring (bicyclic) bond motifs is 1. The molecule has 1 heterocycles. The number of carboxylic acids is 1. The maximum absolute atomic E-state index is 13.5. The van der Waals surface area contributed by atoms with E-state index in [1.165, 1.54) is 0 Å². The Kier molecular flexibility index (Phi) is 10.6. The first-order valence-electron chi connectivity index (χ1n) is 13.2. The Bertz CT molecular complexity index is 1390. The van der Waals surface area contributed by atoms with Crippen LogP contribution < -0.4 is 27.4 Å². The summed E-state index contributed by atoms with van der Waals surface area (Å²) in [6.07, 6.45) is 1.15. The van der Waals surface area contributed by atoms with Gasteiger partial charge in [-0.3, -0.25) is 19.2 Å². The SMILES string of the molecule is CC(C)C(N)C(=O)NC(Cc1c[nH]c2ccccc12)C(=O)NC(CC(N)=O)C(=O)NC(Cc1ccccc1)C(=O)O. The van der Waals surface area contributed by atoms with Gasteiger partial charge in [-0.15, -0.1) is 0 Å². The van der Waals surface area contributed by atoms with Crippen LogP contribution in [-0.4, -0.2) is 63.9 Å². The molecule has 0 bridgehead atoms. The van der Waals surface area contributed by atoms with Gasteiger partial charge < -0.3 is 37.5 Å². The van der Waals surface area contributed by atoms with E-state index in [1.807, 2.05) is 24.3 Å². The first-order chi connectivity index (χ1) is 19.5. The van der Waals surface area contributed by atoms with Gasteiger partial charge >= 0.3 is 5.97 Å². The van der Waals surface area contributed by atoms with Gasteiger partial charge in [0, 0.05) is 29.9 Å². The van der Waals surface area contributed by atoms with Gasteiger partial charge in [0.2, 0.25) is 23.6 Å². The monoisotopic (exact) mass is 564 g/mol. The smallest absolute Gasteiger partial charge is 0.326 e. The van der Waals surface area contributed by atoms with Crippen molar-refractivity contribution in [3.05, 3.63) is 71.9 Å². The Morgan fingerprint density at radius 2 is 1.39 bits per heavy atom. The van der Waals surface area contributed by atoms with Crippen molar-refractivity contribution in [1.82, 2.24) is 20.9 Å². The van der Waals surface area contributed by atoms with Crippen LogP contribution in [0.4, 0.5) is 0 Å². The molecule has 4 amide bonds. The van der Waals surface area contributed by atoms with Crippen LogP contribution in [0.25, 0.3) is 10.9 Å². The minimum atomic E-state index is -1.49. The normalized spacial score (nSPS) is 14.0. The summed E-state index contributed by atoms with van der Waals surface area (Å²) in [7, 11) is 0. The highest BCUT2D eigenvalue weighted by molar-refractivity contribution is 5.96. The number of benzene rings is 2. The van der Waals surface area contributed by atoms with E-state index < -0.39 is 60.2 Å². The van der Waals surface area contributed by atoms with E-state index in [0.29, 0.717) is 5.56 Å². The number of nitrogens with one attached hydrogen (secondary N) is 4. The third-order valence-electron chi connectivity index (χ3n) is 6.69. The van der Waals surface area contributed by atoms with Gasteiger partial charge in [-0.25, -0.2) is 4.79 Å². The number of rotatable bonds is 14. The lowest BCUT2D eigenvalue weighted by atomic mass is 10.0. The fraction of sp³-hybridized carbons (Fsp3) is 0.345. The molecule has 0 aliphatic rings. The number of hydrogen-bond donors (Lipinski definition) is 7. The van der Waals surface area contributed by atoms with Crippen LogP contribution in [0, 0.1) is 5.92 Å². The molecule has 1 aromatic heterocycles. The van der Waals surface area contributed by atoms with Crippen molar-refractivity contribution in [3.8, 4) is 0 Å². The summed E-state index contributed by atoms with van der Waals surface area (Å²) >= 11 is 0. The summed E-state index contributed by atoms with van der Waals surface area (Å²) in [6, 6.07) is 11.2. The van der Waals surface area contributed by atoms with Crippen LogP contribution in [-0.2, 0) is 36.8 Å². The molecule has 0 spiro atoms. The van der Waals surface area contributed by atoms with Gasteiger partial charge in [0.25, 0.3) is 0 Å². The molecule has 0 saturated carbocycles. The van der Waals surface area contributed by atoms with Gasteiger partial charge in [-0.1, -0.05) is 62.4 Å². The Hall–Kier alpha value is -4.71. The zero-order valence-corrected chi connectivity index (χ0v) is 22.9. The summed E-state index contributed by atoms with van der Waals surface area (Å²) in [5.41, 5.74) is 13.6. The Balaban J connectivity index is 1.83. The van der Waals surface area contributed by atoms with E-state index in [4.69, 9.17) is 11.5 Å². The zero-order valence-electron chi connectivity index (χ0n) is 22.9. The van der Waals surface area contributed by atoms with Crippen molar-refractivity contribution in [2.24, 2.45) is 17.4 Å². The Morgan fingerprint density at radius 3 is 2.02 bits per heavy atom. The second-order valence-electron chi connectivity index (χ2n) is 10.2. The van der Waals surface area contributed by atoms with E-state index in [-0.39, 0.29) is 18.8 Å². The van der Waals surface area contributed by atoms with Gasteiger partial charge in [0.05, 0.1) is 12.5 Å². The third-order valence-corrected chi connectivity index (χ3v) is 6.69. The van der Waals surface area contributed by atoms with Crippen LogP contribution in [0.2, 0.25) is 0 Å². The van der Waals surface area contributed by atoms with E-state index in [9.17, 15) is 29.1 Å². The molecule has 2 aromatic carbocycles. The van der Waals surface area contributed by atoms with Crippen molar-refractivity contribution in [1.29, 1.82) is 0 Å². The van der Waals surface area contributed by atoms with Gasteiger partial charge in [-0.05, 0) is 23.1 Å². The molecule has 9 N–H and O–H groups in total. The predicted octanol–water partition coefficient (Wildman–Crippen LogP) is 0.351. The highest BCUT2D eigenvalue weighted by atomic mass is 16.4. The zero-order chi connectivity index (χ0) is 30.1. The second-order valence-corrected chi connectivity index (χ2v) is 10.2. The number of H-pyrrole nitrogens is 1. The van der Waals surface area contributed by atoms with Gasteiger partial charge in [0.15, 0.2) is 0 Å². The number of para-hydroxylation sites is 1. The average Bonchev–Trinajstić information content (AvgIpc) is 3.34. The van der Waals surface area contributed by atoms with Crippen molar-refractivity contribution in [2.45, 2.75) is 57.3 Å². The standard InChI is InChI=1S/C29H36N6O6/c1-16(2)25(31)28(39)34-21(13-18-15-32-20-11-7-6-10-19(18)20)26(37)33-22(14-24(30)36)27(38)35-23(29(40)41)12-17-8-4-3-5-9-17/h3-11,15-16,21-23,25,32H,12-14,31H2,1-2H3,(H2,30,36)(H,33,37)(H,34,39)(H,35,38)(H,40,41). The summed E-state index contributed by atoms with van der Waals surface area (Å²) < 4.78 is 0. The number of hydrogen-bond acceptors (Lipinski definition) is 6. The van der Waals surface area contributed by atoms with Crippen LogP contribution in [0.5, 0.6) is 0 Å². The molecule has 3 rings (SSSR count). The minimum Gasteiger partial charge on any atom is -0.480 e. The van der Waals surface area contributed by atoms with Gasteiger partial charge in [0.1, 0.15) is 18.1 Å². The topological polar surface area (TPSA) is 209 Å². The summed E-state index contributed by atoms with van der Waals surface area (Å²) in [5, 5.41) is 18.0. The maximum Gasteiger partial charge on any atom is 0.326 e. The highest BCUT2D eigenvalue weighted by Crippen LogP contribution is 2.19. The van der Waals surface area contributed by atoms with Crippen LogP contribution >= 0.6 is 0 Å². The molecule has 41 heavy (non-hydrogen) atoms. The first-order valence-corrected chi connectivity index (χ1v) is 13.2. The number of amides is 4. The van der Waals surface area contributed by atoms with Gasteiger partial charge in [-0.2, -0.15) is 0 Å². The van der Waals surface area contributed by atoms with Crippen molar-refractivity contribution in [2.75, 3.05) is 0 Å². The third kappa shape index (κ3) is 8.64. The highest BCUT2D eigenvalue weighted by Gasteiger charge is 2.32. The van der Waals surface area contributed by atoms with Crippen molar-refractivity contribution < 1.29 is 29.1 Å². The first kappa shape index (κ1) is 30.8. The molecule has 0 radical (unpaired) electrons. The number of carbonyl (C=O) groups excluding carboxylic acids is 4.